The predicted molar refractivity (Wildman–Crippen MR) is 124 cm³/mol. The largest absolute Gasteiger partial charge is 0.496 e. The Bertz CT molecular complexity index is 1490. The number of amides is 1. The van der Waals surface area contributed by atoms with Gasteiger partial charge < -0.3 is 20.6 Å². The van der Waals surface area contributed by atoms with Gasteiger partial charge in [0.25, 0.3) is 5.91 Å². The molecule has 4 rings (SSSR count). The van der Waals surface area contributed by atoms with Crippen molar-refractivity contribution in [2.24, 2.45) is 5.10 Å². The number of nitrogens with one attached hydrogen (secondary N) is 1. The summed E-state index contributed by atoms with van der Waals surface area (Å²) >= 11 is 6.03. The fourth-order valence-electron chi connectivity index (χ4n) is 3.24. The van der Waals surface area contributed by atoms with E-state index in [1.807, 2.05) is 0 Å². The molecule has 3 aromatic heterocycles. The third-order valence-corrected chi connectivity index (χ3v) is 5.54. The molecule has 0 spiro atoms. The maximum Gasteiger partial charge on any atom is 0.408 e. The van der Waals surface area contributed by atoms with Gasteiger partial charge in [0.15, 0.2) is 10.7 Å². The summed E-state index contributed by atoms with van der Waals surface area (Å²) in [7, 11) is 1.50. The maximum atomic E-state index is 12.5. The molecule has 0 saturated heterocycles. The molecule has 36 heavy (non-hydrogen) atoms. The number of carbonyl (C=O) groups is 1. The minimum atomic E-state index is -0.646. The Hall–Kier alpha value is -4.86. The second-order valence-corrected chi connectivity index (χ2v) is 7.69. The highest BCUT2D eigenvalue weighted by Crippen LogP contribution is 2.28. The number of nitrogens with zero attached hydrogens (tertiary/aromatic N) is 9. The summed E-state index contributed by atoms with van der Waals surface area (Å²) < 4.78 is 12.5. The van der Waals surface area contributed by atoms with Crippen LogP contribution in [0.25, 0.3) is 5.82 Å². The summed E-state index contributed by atoms with van der Waals surface area (Å²) in [6.45, 7) is 3.37. The van der Waals surface area contributed by atoms with E-state index in [-0.39, 0.29) is 28.9 Å². The summed E-state index contributed by atoms with van der Waals surface area (Å²) in [4.78, 5) is 23.0. The van der Waals surface area contributed by atoms with Crippen LogP contribution in [-0.4, -0.2) is 59.2 Å². The van der Waals surface area contributed by atoms with Crippen LogP contribution >= 0.6 is 11.6 Å². The van der Waals surface area contributed by atoms with Crippen molar-refractivity contribution in [3.63, 3.8) is 0 Å². The summed E-state index contributed by atoms with van der Waals surface area (Å²) in [5, 5.41) is 33.8. The molecular weight excluding hydrogens is 498 g/mol. The number of methoxy groups -OCH3 is 1. The van der Waals surface area contributed by atoms with Crippen LogP contribution in [0.1, 0.15) is 33.0 Å². The van der Waals surface area contributed by atoms with E-state index >= 15 is 0 Å². The standard InChI is InChI=1S/C19H18ClN11O5/c1-9-14(20)17(31(33)34)25-29(9)8-12-6-11(4-5-13(12)35-3)7-22-24-19(32)15-10(2)30(28-23-15)18-16(21)26-36-27-18/h4-7H,8H2,1-3H3,(H2,21,26)(H,24,32). The van der Waals surface area contributed by atoms with Crippen molar-refractivity contribution in [2.75, 3.05) is 12.8 Å². The van der Waals surface area contributed by atoms with Gasteiger partial charge in [0, 0.05) is 5.56 Å². The molecule has 0 aliphatic carbocycles. The number of hydrogen-bond acceptors (Lipinski definition) is 12. The first-order chi connectivity index (χ1) is 17.2. The lowest BCUT2D eigenvalue weighted by Gasteiger charge is -2.09. The van der Waals surface area contributed by atoms with E-state index in [1.54, 1.807) is 32.0 Å². The van der Waals surface area contributed by atoms with Gasteiger partial charge in [-0.1, -0.05) is 16.8 Å². The molecule has 0 unspecified atom stereocenters. The van der Waals surface area contributed by atoms with Crippen molar-refractivity contribution in [3.05, 3.63) is 61.5 Å². The first-order valence-corrected chi connectivity index (χ1v) is 10.5. The van der Waals surface area contributed by atoms with Crippen molar-refractivity contribution in [1.82, 2.24) is 40.5 Å². The van der Waals surface area contributed by atoms with E-state index in [0.717, 1.165) is 0 Å². The molecule has 0 atom stereocenters. The number of rotatable bonds is 8. The molecule has 0 radical (unpaired) electrons. The number of nitro groups is 1. The Morgan fingerprint density at radius 3 is 2.78 bits per heavy atom. The Labute approximate surface area is 206 Å². The topological polar surface area (TPSA) is 207 Å². The molecule has 4 aromatic rings. The minimum Gasteiger partial charge on any atom is -0.496 e. The normalized spacial score (nSPS) is 11.2. The lowest BCUT2D eigenvalue weighted by atomic mass is 10.1. The second kappa shape index (κ2) is 9.79. The molecule has 1 amide bonds. The fourth-order valence-corrected chi connectivity index (χ4v) is 3.44. The molecule has 0 aliphatic rings. The van der Waals surface area contributed by atoms with Crippen molar-refractivity contribution < 1.29 is 19.1 Å². The Morgan fingerprint density at radius 2 is 2.14 bits per heavy atom. The minimum absolute atomic E-state index is 0.00222. The molecule has 186 valence electrons. The molecule has 0 saturated carbocycles. The number of halogens is 1. The van der Waals surface area contributed by atoms with Crippen LogP contribution in [0, 0.1) is 24.0 Å². The monoisotopic (exact) mass is 515 g/mol. The zero-order chi connectivity index (χ0) is 26.0. The van der Waals surface area contributed by atoms with Crippen LogP contribution in [0.2, 0.25) is 5.02 Å². The highest BCUT2D eigenvalue weighted by atomic mass is 35.5. The summed E-state index contributed by atoms with van der Waals surface area (Å²) in [6.07, 6.45) is 1.41. The fraction of sp³-hybridized carbons (Fsp3) is 0.211. The Balaban J connectivity index is 1.51. The molecule has 3 N–H and O–H groups in total. The summed E-state index contributed by atoms with van der Waals surface area (Å²) in [5.41, 5.74) is 10.1. The van der Waals surface area contributed by atoms with Gasteiger partial charge in [-0.2, -0.15) is 14.5 Å². The van der Waals surface area contributed by atoms with E-state index in [0.29, 0.717) is 28.3 Å². The van der Waals surface area contributed by atoms with E-state index < -0.39 is 16.6 Å². The Kier molecular flexibility index (Phi) is 6.60. The quantitative estimate of drug-likeness (QED) is 0.195. The SMILES string of the molecule is COc1ccc(C=NNC(=O)c2nnn(-c3nonc3N)c2C)cc1Cn1nc([N+](=O)[O-])c(Cl)c1C. The number of aromatic nitrogens is 7. The Morgan fingerprint density at radius 1 is 1.36 bits per heavy atom. The van der Waals surface area contributed by atoms with Crippen LogP contribution in [0.3, 0.4) is 0 Å². The number of hydrogen-bond donors (Lipinski definition) is 2. The van der Waals surface area contributed by atoms with Gasteiger partial charge in [-0.15, -0.1) is 5.10 Å². The zero-order valence-electron chi connectivity index (χ0n) is 19.0. The van der Waals surface area contributed by atoms with Gasteiger partial charge in [0.1, 0.15) is 5.75 Å². The van der Waals surface area contributed by atoms with Crippen molar-refractivity contribution in [2.45, 2.75) is 20.4 Å². The number of carbonyl (C=O) groups excluding carboxylic acids is 1. The third-order valence-electron chi connectivity index (χ3n) is 5.10. The summed E-state index contributed by atoms with van der Waals surface area (Å²) in [6, 6.07) is 5.14. The molecule has 0 bridgehead atoms. The van der Waals surface area contributed by atoms with Gasteiger partial charge in [-0.25, -0.2) is 10.1 Å². The number of nitrogens with two attached hydrogens (primary N) is 1. The van der Waals surface area contributed by atoms with Crippen molar-refractivity contribution in [1.29, 1.82) is 0 Å². The van der Waals surface area contributed by atoms with Gasteiger partial charge >= 0.3 is 5.82 Å². The van der Waals surface area contributed by atoms with Crippen LogP contribution < -0.4 is 15.9 Å². The second-order valence-electron chi connectivity index (χ2n) is 7.32. The van der Waals surface area contributed by atoms with E-state index in [2.05, 4.69) is 40.9 Å². The van der Waals surface area contributed by atoms with Crippen molar-refractivity contribution in [3.8, 4) is 11.6 Å². The van der Waals surface area contributed by atoms with Crippen LogP contribution in [-0.2, 0) is 6.54 Å². The molecule has 0 fully saturated rings. The zero-order valence-corrected chi connectivity index (χ0v) is 19.8. The third kappa shape index (κ3) is 4.56. The van der Waals surface area contributed by atoms with Gasteiger partial charge in [-0.05, 0) is 52.8 Å². The predicted octanol–water partition coefficient (Wildman–Crippen LogP) is 1.43. The number of benzene rings is 1. The first-order valence-electron chi connectivity index (χ1n) is 10.1. The molecule has 1 aromatic carbocycles. The van der Waals surface area contributed by atoms with E-state index in [4.69, 9.17) is 22.1 Å². The molecule has 3 heterocycles. The summed E-state index contributed by atoms with van der Waals surface area (Å²) in [5.74, 6) is -0.423. The average Bonchev–Trinajstić information content (AvgIpc) is 3.52. The van der Waals surface area contributed by atoms with E-state index in [9.17, 15) is 14.9 Å². The molecule has 17 heteroatoms. The van der Waals surface area contributed by atoms with Gasteiger partial charge in [0.05, 0.1) is 36.4 Å². The number of ether oxygens (including phenoxy) is 1. The highest BCUT2D eigenvalue weighted by Gasteiger charge is 2.24. The average molecular weight is 516 g/mol. The van der Waals surface area contributed by atoms with Crippen LogP contribution in [0.4, 0.5) is 11.6 Å². The number of hydrazone groups is 1. The van der Waals surface area contributed by atoms with Crippen LogP contribution in [0.5, 0.6) is 5.75 Å². The highest BCUT2D eigenvalue weighted by molar-refractivity contribution is 6.33. The maximum absolute atomic E-state index is 12.5. The van der Waals surface area contributed by atoms with Crippen LogP contribution in [0.15, 0.2) is 27.9 Å². The number of nitrogen functional groups attached to an aromatic ring is 1. The first kappa shape index (κ1) is 24.3. The number of anilines is 1. The lowest BCUT2D eigenvalue weighted by Crippen LogP contribution is -2.19. The van der Waals surface area contributed by atoms with Gasteiger partial charge in [0.2, 0.25) is 11.6 Å². The lowest BCUT2D eigenvalue weighted by molar-refractivity contribution is -0.389. The smallest absolute Gasteiger partial charge is 0.408 e. The van der Waals surface area contributed by atoms with E-state index in [1.165, 1.54) is 22.7 Å². The molecular formula is C19H18ClN11O5. The molecule has 0 aliphatic heterocycles. The van der Waals surface area contributed by atoms with Crippen molar-refractivity contribution >= 4 is 35.4 Å². The van der Waals surface area contributed by atoms with Gasteiger partial charge in [-0.3, -0.25) is 4.79 Å². The molecule has 16 nitrogen and oxygen atoms in total.